The van der Waals surface area contributed by atoms with E-state index in [0.29, 0.717) is 44.2 Å². The number of aromatic hydroxyl groups is 2. The number of rotatable bonds is 14. The Balaban J connectivity index is 1.48. The highest BCUT2D eigenvalue weighted by Gasteiger charge is 2.43. The average molecular weight is 622 g/mol. The quantitative estimate of drug-likeness (QED) is 0.0783. The SMILES string of the molecule is O=P(O)(O)C(SCCCOCCCn1c(-c2ccc(O)cc2)c(Cc2ccccc2)c2ccc(O)cc21)P(=O)(O)O. The highest BCUT2D eigenvalue weighted by molar-refractivity contribution is 8.12. The molecule has 0 bridgehead atoms. The van der Waals surface area contributed by atoms with E-state index in [1.807, 2.05) is 36.4 Å². The number of hydrogen-bond donors (Lipinski definition) is 6. The number of phenols is 2. The van der Waals surface area contributed by atoms with Gasteiger partial charge in [0, 0.05) is 37.6 Å². The molecule has 4 rings (SSSR count). The van der Waals surface area contributed by atoms with Crippen molar-refractivity contribution in [2.75, 3.05) is 19.0 Å². The van der Waals surface area contributed by atoms with Crippen LogP contribution in [-0.4, -0.2) is 58.1 Å². The van der Waals surface area contributed by atoms with Crippen molar-refractivity contribution in [1.82, 2.24) is 4.57 Å². The summed E-state index contributed by atoms with van der Waals surface area (Å²) in [6.45, 7) is 1.21. The number of fused-ring (bicyclic) bond motifs is 1. The minimum atomic E-state index is -4.95. The fraction of sp³-hybridized carbons (Fsp3) is 0.286. The van der Waals surface area contributed by atoms with Crippen molar-refractivity contribution in [3.63, 3.8) is 0 Å². The van der Waals surface area contributed by atoms with Crippen LogP contribution in [0.1, 0.15) is 24.0 Å². The van der Waals surface area contributed by atoms with Gasteiger partial charge in [-0.3, -0.25) is 9.13 Å². The van der Waals surface area contributed by atoms with Crippen LogP contribution in [0.5, 0.6) is 11.5 Å². The Bertz CT molecular complexity index is 1530. The Morgan fingerprint density at radius 1 is 0.805 bits per heavy atom. The average Bonchev–Trinajstić information content (AvgIpc) is 3.19. The van der Waals surface area contributed by atoms with Crippen LogP contribution in [-0.2, 0) is 26.8 Å². The molecule has 0 atom stereocenters. The summed E-state index contributed by atoms with van der Waals surface area (Å²) in [4.78, 5) is 36.9. The molecule has 0 fully saturated rings. The lowest BCUT2D eigenvalue weighted by Crippen LogP contribution is -2.08. The topological polar surface area (TPSA) is 170 Å². The standard InChI is InChI=1S/C28H33NO9P2S/c30-22-10-8-21(9-11-22)27-25(18-20-6-2-1-3-7-20)24-13-12-23(31)19-26(24)29(27)14-4-15-38-16-5-17-41-28(39(32,33)34)40(35,36)37/h1-3,6-13,19,28,30-31H,4-5,14-18H2,(H2,32,33,34)(H2,35,36,37). The van der Waals surface area contributed by atoms with Crippen LogP contribution in [0.3, 0.4) is 0 Å². The zero-order valence-electron chi connectivity index (χ0n) is 22.1. The van der Waals surface area contributed by atoms with Crippen molar-refractivity contribution in [2.45, 2.75) is 30.5 Å². The lowest BCUT2D eigenvalue weighted by atomic mass is 9.98. The molecule has 6 N–H and O–H groups in total. The largest absolute Gasteiger partial charge is 0.508 e. The van der Waals surface area contributed by atoms with Crippen LogP contribution in [0, 0.1) is 0 Å². The predicted octanol–water partition coefficient (Wildman–Crippen LogP) is 5.48. The summed E-state index contributed by atoms with van der Waals surface area (Å²) in [7, 11) is -9.90. The van der Waals surface area contributed by atoms with Gasteiger partial charge in [0.1, 0.15) is 11.5 Å². The maximum Gasteiger partial charge on any atom is 0.350 e. The molecule has 220 valence electrons. The van der Waals surface area contributed by atoms with E-state index in [0.717, 1.165) is 33.3 Å². The van der Waals surface area contributed by atoms with Crippen LogP contribution < -0.4 is 0 Å². The summed E-state index contributed by atoms with van der Waals surface area (Å²) in [5.74, 6) is 0.437. The second-order valence-electron chi connectivity index (χ2n) is 9.58. The fourth-order valence-electron chi connectivity index (χ4n) is 4.74. The third-order valence-corrected chi connectivity index (χ3v) is 12.8. The number of aryl methyl sites for hydroxylation is 1. The Morgan fingerprint density at radius 2 is 1.44 bits per heavy atom. The summed E-state index contributed by atoms with van der Waals surface area (Å²) < 4.78 is 28.6. The lowest BCUT2D eigenvalue weighted by Gasteiger charge is -2.18. The van der Waals surface area contributed by atoms with Gasteiger partial charge < -0.3 is 39.1 Å². The summed E-state index contributed by atoms with van der Waals surface area (Å²) in [5, 5.41) is 21.2. The van der Waals surface area contributed by atoms with Crippen molar-refractivity contribution >= 4 is 37.9 Å². The third kappa shape index (κ3) is 8.25. The summed E-state index contributed by atoms with van der Waals surface area (Å²) in [5.41, 5.74) is 5.01. The van der Waals surface area contributed by atoms with Crippen LogP contribution >= 0.6 is 27.0 Å². The number of aromatic nitrogens is 1. The molecular formula is C28H33NO9P2S. The summed E-state index contributed by atoms with van der Waals surface area (Å²) in [6.07, 6.45) is 1.65. The molecule has 3 aromatic carbocycles. The molecule has 0 amide bonds. The van der Waals surface area contributed by atoms with Gasteiger partial charge in [0.15, 0.2) is 0 Å². The monoisotopic (exact) mass is 621 g/mol. The second-order valence-corrected chi connectivity index (χ2v) is 15.3. The van der Waals surface area contributed by atoms with E-state index in [2.05, 4.69) is 16.7 Å². The minimum Gasteiger partial charge on any atom is -0.508 e. The van der Waals surface area contributed by atoms with E-state index < -0.39 is 19.9 Å². The van der Waals surface area contributed by atoms with Gasteiger partial charge in [-0.1, -0.05) is 30.3 Å². The van der Waals surface area contributed by atoms with Crippen molar-refractivity contribution in [2.24, 2.45) is 0 Å². The normalized spacial score (nSPS) is 12.4. The van der Waals surface area contributed by atoms with Crippen molar-refractivity contribution in [1.29, 1.82) is 0 Å². The lowest BCUT2D eigenvalue weighted by molar-refractivity contribution is 0.130. The number of thioether (sulfide) groups is 1. The van der Waals surface area contributed by atoms with Crippen LogP contribution in [0.2, 0.25) is 0 Å². The summed E-state index contributed by atoms with van der Waals surface area (Å²) >= 11 is 0.551. The first-order valence-corrected chi connectivity index (χ1v) is 17.3. The van der Waals surface area contributed by atoms with Gasteiger partial charge in [0.25, 0.3) is 0 Å². The first-order chi connectivity index (χ1) is 19.4. The molecule has 0 unspecified atom stereocenters. The van der Waals surface area contributed by atoms with Gasteiger partial charge >= 0.3 is 15.2 Å². The molecule has 0 aliphatic rings. The minimum absolute atomic E-state index is 0.121. The molecule has 0 saturated heterocycles. The molecule has 1 aromatic heterocycles. The first kappa shape index (κ1) is 31.3. The smallest absolute Gasteiger partial charge is 0.350 e. The molecule has 10 nitrogen and oxygen atoms in total. The Morgan fingerprint density at radius 3 is 2.10 bits per heavy atom. The van der Waals surface area contributed by atoms with Gasteiger partial charge in [-0.05, 0) is 71.7 Å². The van der Waals surface area contributed by atoms with E-state index in [4.69, 9.17) is 4.74 Å². The Labute approximate surface area is 241 Å². The Hall–Kier alpha value is -2.59. The van der Waals surface area contributed by atoms with E-state index in [1.54, 1.807) is 24.3 Å². The highest BCUT2D eigenvalue weighted by atomic mass is 32.2. The number of ether oxygens (including phenoxy) is 1. The zero-order chi connectivity index (χ0) is 29.6. The predicted molar refractivity (Wildman–Crippen MR) is 160 cm³/mol. The molecule has 4 aromatic rings. The van der Waals surface area contributed by atoms with Gasteiger partial charge in [0.05, 0.1) is 11.2 Å². The maximum absolute atomic E-state index is 11.4. The number of nitrogens with zero attached hydrogens (tertiary/aromatic N) is 1. The number of hydrogen-bond acceptors (Lipinski definition) is 6. The number of phenolic OH excluding ortho intramolecular Hbond substituents is 2. The number of benzene rings is 3. The van der Waals surface area contributed by atoms with Crippen molar-refractivity contribution in [3.05, 3.63) is 83.9 Å². The molecule has 0 radical (unpaired) electrons. The van der Waals surface area contributed by atoms with E-state index in [-0.39, 0.29) is 23.9 Å². The third-order valence-electron chi connectivity index (χ3n) is 6.46. The molecule has 0 aliphatic carbocycles. The van der Waals surface area contributed by atoms with Crippen molar-refractivity contribution in [3.8, 4) is 22.8 Å². The molecular weight excluding hydrogens is 588 g/mol. The maximum atomic E-state index is 11.4. The van der Waals surface area contributed by atoms with Crippen LogP contribution in [0.4, 0.5) is 0 Å². The van der Waals surface area contributed by atoms with E-state index in [1.165, 1.54) is 0 Å². The van der Waals surface area contributed by atoms with Crippen molar-refractivity contribution < 1.29 is 43.7 Å². The van der Waals surface area contributed by atoms with E-state index in [9.17, 15) is 38.9 Å². The fourth-order valence-corrected chi connectivity index (χ4v) is 8.99. The van der Waals surface area contributed by atoms with Crippen LogP contribution in [0.25, 0.3) is 22.2 Å². The molecule has 0 aliphatic heterocycles. The van der Waals surface area contributed by atoms with Crippen LogP contribution in [0.15, 0.2) is 72.8 Å². The van der Waals surface area contributed by atoms with Gasteiger partial charge in [0.2, 0.25) is 4.73 Å². The zero-order valence-corrected chi connectivity index (χ0v) is 24.7. The molecule has 0 saturated carbocycles. The first-order valence-electron chi connectivity index (χ1n) is 12.9. The van der Waals surface area contributed by atoms with Gasteiger partial charge in [-0.2, -0.15) is 0 Å². The summed E-state index contributed by atoms with van der Waals surface area (Å²) in [6, 6.07) is 22.4. The molecule has 1 heterocycles. The molecule has 0 spiro atoms. The highest BCUT2D eigenvalue weighted by Crippen LogP contribution is 2.64. The van der Waals surface area contributed by atoms with E-state index >= 15 is 0 Å². The van der Waals surface area contributed by atoms with Gasteiger partial charge in [-0.25, -0.2) is 0 Å². The Kier molecular flexibility index (Phi) is 10.4. The molecule has 41 heavy (non-hydrogen) atoms. The molecule has 13 heteroatoms. The second kappa shape index (κ2) is 13.6. The van der Waals surface area contributed by atoms with Gasteiger partial charge in [-0.15, -0.1) is 11.8 Å².